The van der Waals surface area contributed by atoms with Crippen LogP contribution in [0.15, 0.2) is 0 Å². The molecule has 0 saturated carbocycles. The predicted molar refractivity (Wildman–Crippen MR) is 54.9 cm³/mol. The van der Waals surface area contributed by atoms with Crippen molar-refractivity contribution < 1.29 is 14.6 Å². The summed E-state index contributed by atoms with van der Waals surface area (Å²) < 4.78 is 5.32. The summed E-state index contributed by atoms with van der Waals surface area (Å²) in [4.78, 5) is 15.3. The molecule has 5 nitrogen and oxygen atoms in total. The lowest BCUT2D eigenvalue weighted by Crippen LogP contribution is -2.58. The predicted octanol–water partition coefficient (Wildman–Crippen LogP) is -0.524. The van der Waals surface area contributed by atoms with Gasteiger partial charge in [-0.3, -0.25) is 9.69 Å². The van der Waals surface area contributed by atoms with Gasteiger partial charge in [-0.2, -0.15) is 0 Å². The first-order valence-corrected chi connectivity index (χ1v) is 5.43. The molecule has 86 valence electrons. The SMILES string of the molecule is CN1CCN(C2CCOC2)C(C(=O)O)C1. The highest BCUT2D eigenvalue weighted by Gasteiger charge is 2.36. The van der Waals surface area contributed by atoms with Crippen LogP contribution in [-0.4, -0.2) is 72.9 Å². The zero-order chi connectivity index (χ0) is 10.8. The minimum Gasteiger partial charge on any atom is -0.480 e. The lowest BCUT2D eigenvalue weighted by Gasteiger charge is -2.40. The number of hydrogen-bond acceptors (Lipinski definition) is 4. The molecule has 0 aliphatic carbocycles. The number of carboxylic acid groups (broad SMARTS) is 1. The van der Waals surface area contributed by atoms with Crippen molar-refractivity contribution in [3.8, 4) is 0 Å². The van der Waals surface area contributed by atoms with Gasteiger partial charge in [-0.05, 0) is 13.5 Å². The molecule has 0 bridgehead atoms. The Hall–Kier alpha value is -0.650. The number of nitrogens with zero attached hydrogens (tertiary/aromatic N) is 2. The number of likely N-dealkylation sites (N-methyl/N-ethyl adjacent to an activating group) is 1. The summed E-state index contributed by atoms with van der Waals surface area (Å²) in [5.74, 6) is -0.714. The van der Waals surface area contributed by atoms with E-state index in [2.05, 4.69) is 9.80 Å². The highest BCUT2D eigenvalue weighted by atomic mass is 16.5. The van der Waals surface area contributed by atoms with Gasteiger partial charge in [0.25, 0.3) is 0 Å². The molecule has 2 heterocycles. The van der Waals surface area contributed by atoms with Crippen molar-refractivity contribution in [1.29, 1.82) is 0 Å². The van der Waals surface area contributed by atoms with E-state index in [9.17, 15) is 9.90 Å². The van der Waals surface area contributed by atoms with E-state index in [1.165, 1.54) is 0 Å². The van der Waals surface area contributed by atoms with E-state index in [4.69, 9.17) is 4.74 Å². The van der Waals surface area contributed by atoms with Crippen molar-refractivity contribution in [2.24, 2.45) is 0 Å². The van der Waals surface area contributed by atoms with Crippen LogP contribution in [-0.2, 0) is 9.53 Å². The molecule has 0 aromatic rings. The first-order chi connectivity index (χ1) is 7.18. The molecular formula is C10H18N2O3. The number of rotatable bonds is 2. The molecule has 0 amide bonds. The summed E-state index contributed by atoms with van der Waals surface area (Å²) in [6.07, 6.45) is 0.966. The second-order valence-electron chi connectivity index (χ2n) is 4.37. The highest BCUT2D eigenvalue weighted by molar-refractivity contribution is 5.74. The minimum atomic E-state index is -0.714. The zero-order valence-corrected chi connectivity index (χ0v) is 9.06. The molecule has 15 heavy (non-hydrogen) atoms. The van der Waals surface area contributed by atoms with E-state index in [0.29, 0.717) is 19.2 Å². The fourth-order valence-electron chi connectivity index (χ4n) is 2.37. The van der Waals surface area contributed by atoms with Gasteiger partial charge in [-0.15, -0.1) is 0 Å². The number of carbonyl (C=O) groups is 1. The summed E-state index contributed by atoms with van der Waals surface area (Å²) in [5, 5.41) is 9.18. The molecule has 0 aromatic heterocycles. The van der Waals surface area contributed by atoms with Crippen molar-refractivity contribution in [3.05, 3.63) is 0 Å². The van der Waals surface area contributed by atoms with Crippen molar-refractivity contribution >= 4 is 5.97 Å². The van der Waals surface area contributed by atoms with Crippen molar-refractivity contribution in [3.63, 3.8) is 0 Å². The maximum Gasteiger partial charge on any atom is 0.322 e. The molecule has 2 saturated heterocycles. The number of carboxylic acids is 1. The highest BCUT2D eigenvalue weighted by Crippen LogP contribution is 2.18. The lowest BCUT2D eigenvalue weighted by molar-refractivity contribution is -0.147. The number of hydrogen-bond donors (Lipinski definition) is 1. The van der Waals surface area contributed by atoms with E-state index in [0.717, 1.165) is 26.1 Å². The van der Waals surface area contributed by atoms with Gasteiger partial charge in [0.1, 0.15) is 6.04 Å². The van der Waals surface area contributed by atoms with Gasteiger partial charge < -0.3 is 14.7 Å². The molecule has 2 atom stereocenters. The Labute approximate surface area is 89.6 Å². The summed E-state index contributed by atoms with van der Waals surface area (Å²) in [6, 6.07) is -0.0600. The summed E-state index contributed by atoms with van der Waals surface area (Å²) in [6.45, 7) is 3.85. The monoisotopic (exact) mass is 214 g/mol. The molecule has 0 aromatic carbocycles. The van der Waals surface area contributed by atoms with E-state index in [1.807, 2.05) is 7.05 Å². The van der Waals surface area contributed by atoms with E-state index >= 15 is 0 Å². The third-order valence-corrected chi connectivity index (χ3v) is 3.28. The standard InChI is InChI=1S/C10H18N2O3/c1-11-3-4-12(8-2-5-15-7-8)9(6-11)10(13)14/h8-9H,2-7H2,1H3,(H,13,14). The molecule has 2 fully saturated rings. The average Bonchev–Trinajstić information content (AvgIpc) is 2.70. The molecule has 5 heteroatoms. The topological polar surface area (TPSA) is 53.0 Å². The molecule has 2 aliphatic heterocycles. The third-order valence-electron chi connectivity index (χ3n) is 3.28. The molecule has 0 spiro atoms. The van der Waals surface area contributed by atoms with Crippen LogP contribution < -0.4 is 0 Å². The van der Waals surface area contributed by atoms with E-state index < -0.39 is 5.97 Å². The summed E-state index contributed by atoms with van der Waals surface area (Å²) in [5.41, 5.74) is 0. The molecular weight excluding hydrogens is 196 g/mol. The average molecular weight is 214 g/mol. The van der Waals surface area contributed by atoms with E-state index in [1.54, 1.807) is 0 Å². The van der Waals surface area contributed by atoms with Crippen LogP contribution in [0.1, 0.15) is 6.42 Å². The smallest absolute Gasteiger partial charge is 0.322 e. The molecule has 2 unspecified atom stereocenters. The van der Waals surface area contributed by atoms with Crippen LogP contribution in [0.4, 0.5) is 0 Å². The fraction of sp³-hybridized carbons (Fsp3) is 0.900. The summed E-state index contributed by atoms with van der Waals surface area (Å²) >= 11 is 0. The van der Waals surface area contributed by atoms with Crippen molar-refractivity contribution in [1.82, 2.24) is 9.80 Å². The normalized spacial score (nSPS) is 34.5. The van der Waals surface area contributed by atoms with Crippen LogP contribution in [0.5, 0.6) is 0 Å². The van der Waals surface area contributed by atoms with Crippen molar-refractivity contribution in [2.45, 2.75) is 18.5 Å². The summed E-state index contributed by atoms with van der Waals surface area (Å²) in [7, 11) is 1.97. The van der Waals surface area contributed by atoms with Crippen LogP contribution in [0, 0.1) is 0 Å². The van der Waals surface area contributed by atoms with Gasteiger partial charge in [-0.25, -0.2) is 0 Å². The van der Waals surface area contributed by atoms with Gasteiger partial charge in [0.05, 0.1) is 6.61 Å². The molecule has 1 N–H and O–H groups in total. The van der Waals surface area contributed by atoms with E-state index in [-0.39, 0.29) is 6.04 Å². The Morgan fingerprint density at radius 3 is 2.87 bits per heavy atom. The van der Waals surface area contributed by atoms with Crippen molar-refractivity contribution in [2.75, 3.05) is 39.9 Å². The van der Waals surface area contributed by atoms with Gasteiger partial charge in [-0.1, -0.05) is 0 Å². The second-order valence-corrected chi connectivity index (χ2v) is 4.37. The van der Waals surface area contributed by atoms with Crippen LogP contribution in [0.25, 0.3) is 0 Å². The molecule has 0 radical (unpaired) electrons. The quantitative estimate of drug-likeness (QED) is 0.670. The number of aliphatic carboxylic acids is 1. The zero-order valence-electron chi connectivity index (χ0n) is 9.06. The Balaban J connectivity index is 2.03. The van der Waals surface area contributed by atoms with Crippen LogP contribution in [0.3, 0.4) is 0 Å². The number of piperazine rings is 1. The second kappa shape index (κ2) is 4.47. The maximum absolute atomic E-state index is 11.2. The first kappa shape index (κ1) is 10.9. The fourth-order valence-corrected chi connectivity index (χ4v) is 2.37. The van der Waals surface area contributed by atoms with Gasteiger partial charge in [0.15, 0.2) is 0 Å². The van der Waals surface area contributed by atoms with Crippen LogP contribution >= 0.6 is 0 Å². The first-order valence-electron chi connectivity index (χ1n) is 5.43. The maximum atomic E-state index is 11.2. The number of ether oxygens (including phenoxy) is 1. The Morgan fingerprint density at radius 1 is 1.47 bits per heavy atom. The van der Waals surface area contributed by atoms with Gasteiger partial charge in [0.2, 0.25) is 0 Å². The lowest BCUT2D eigenvalue weighted by atomic mass is 10.1. The largest absolute Gasteiger partial charge is 0.480 e. The molecule has 2 aliphatic rings. The third kappa shape index (κ3) is 2.30. The van der Waals surface area contributed by atoms with Gasteiger partial charge in [0, 0.05) is 32.3 Å². The van der Waals surface area contributed by atoms with Gasteiger partial charge >= 0.3 is 5.97 Å². The Kier molecular flexibility index (Phi) is 3.23. The van der Waals surface area contributed by atoms with Crippen LogP contribution in [0.2, 0.25) is 0 Å². The Bertz CT molecular complexity index is 241. The molecule has 2 rings (SSSR count). The minimum absolute atomic E-state index is 0.305. The Morgan fingerprint density at radius 2 is 2.27 bits per heavy atom.